The Morgan fingerprint density at radius 2 is 2.06 bits per heavy atom. The summed E-state index contributed by atoms with van der Waals surface area (Å²) < 4.78 is 7.30. The second-order valence-electron chi connectivity index (χ2n) is 9.73. The van der Waals surface area contributed by atoms with Gasteiger partial charge in [0.2, 0.25) is 0 Å². The Morgan fingerprint density at radius 1 is 1.33 bits per heavy atom. The summed E-state index contributed by atoms with van der Waals surface area (Å²) in [6, 6.07) is -0.140. The minimum Gasteiger partial charge on any atom is -0.444 e. The van der Waals surface area contributed by atoms with Gasteiger partial charge in [0.05, 0.1) is 11.9 Å². The molecular weight excluding hydrogens is 422 g/mol. The molecule has 1 aliphatic heterocycles. The number of hydrogen-bond donors (Lipinski definition) is 2. The van der Waals surface area contributed by atoms with Crippen molar-refractivity contribution in [3.63, 3.8) is 0 Å². The van der Waals surface area contributed by atoms with Gasteiger partial charge in [0, 0.05) is 32.1 Å². The molecule has 0 bridgehead atoms. The summed E-state index contributed by atoms with van der Waals surface area (Å²) in [4.78, 5) is 47.4. The van der Waals surface area contributed by atoms with Crippen LogP contribution < -0.4 is 15.8 Å². The number of nitrogens with one attached hydrogen (secondary N) is 2. The average molecular weight is 458 g/mol. The topological polar surface area (TPSA) is 109 Å². The summed E-state index contributed by atoms with van der Waals surface area (Å²) in [7, 11) is 0. The minimum atomic E-state index is -0.581. The third-order valence-corrected chi connectivity index (χ3v) is 5.54. The normalized spacial score (nSPS) is 16.5. The van der Waals surface area contributed by atoms with Crippen molar-refractivity contribution in [3.05, 3.63) is 33.9 Å². The lowest BCUT2D eigenvalue weighted by atomic mass is 10.0. The number of ether oxygens (including phenoxy) is 1. The number of carbonyl (C=O) groups excluding carboxylic acids is 2. The van der Waals surface area contributed by atoms with Gasteiger partial charge < -0.3 is 24.5 Å². The molecule has 9 heteroatoms. The summed E-state index contributed by atoms with van der Waals surface area (Å²) in [6.07, 6.45) is 4.85. The van der Waals surface area contributed by atoms with Gasteiger partial charge in [-0.25, -0.2) is 9.78 Å². The number of anilines is 1. The van der Waals surface area contributed by atoms with Crippen LogP contribution in [0, 0.1) is 0 Å². The first-order valence-corrected chi connectivity index (χ1v) is 11.5. The largest absolute Gasteiger partial charge is 0.444 e. The number of allylic oxidation sites excluding steroid dienone is 2. The molecule has 33 heavy (non-hydrogen) atoms. The number of piperidine rings is 1. The number of aromatic nitrogens is 3. The molecule has 2 N–H and O–H groups in total. The van der Waals surface area contributed by atoms with Crippen molar-refractivity contribution in [2.75, 3.05) is 18.0 Å². The van der Waals surface area contributed by atoms with Gasteiger partial charge in [0.25, 0.3) is 5.56 Å². The van der Waals surface area contributed by atoms with E-state index in [1.165, 1.54) is 6.33 Å². The van der Waals surface area contributed by atoms with Gasteiger partial charge in [-0.2, -0.15) is 0 Å². The SMILES string of the molecule is CCC(=O)c1c(N2CCC[C@@H](NC(=O)OC(C)(C)C)C2)n(CC=C(C)C)c2c(=O)[nH]cnc12. The Hall–Kier alpha value is -3.10. The molecule has 2 aromatic rings. The molecule has 0 radical (unpaired) electrons. The van der Waals surface area contributed by atoms with Crippen LogP contribution in [0.15, 0.2) is 22.8 Å². The minimum absolute atomic E-state index is 0.0636. The van der Waals surface area contributed by atoms with E-state index in [1.807, 2.05) is 52.2 Å². The number of rotatable bonds is 6. The van der Waals surface area contributed by atoms with E-state index < -0.39 is 11.7 Å². The molecule has 2 aromatic heterocycles. The maximum Gasteiger partial charge on any atom is 0.407 e. The van der Waals surface area contributed by atoms with Crippen LogP contribution >= 0.6 is 0 Å². The summed E-state index contributed by atoms with van der Waals surface area (Å²) in [6.45, 7) is 12.9. The zero-order valence-corrected chi connectivity index (χ0v) is 20.4. The van der Waals surface area contributed by atoms with Crippen molar-refractivity contribution in [1.29, 1.82) is 0 Å². The second-order valence-corrected chi connectivity index (χ2v) is 9.73. The molecule has 1 amide bonds. The van der Waals surface area contributed by atoms with Crippen LogP contribution in [0.1, 0.15) is 71.2 Å². The number of alkyl carbamates (subject to hydrolysis) is 1. The maximum absolute atomic E-state index is 13.1. The number of nitrogens with zero attached hydrogens (tertiary/aromatic N) is 3. The van der Waals surface area contributed by atoms with Crippen LogP contribution in [-0.4, -0.2) is 51.1 Å². The number of ketones is 1. The standard InChI is InChI=1S/C24H35N5O4/c1-7-17(30)18-19-20(21(31)26-14-25-19)29(12-10-15(2)3)22(18)28-11-8-9-16(13-28)27-23(32)33-24(4,5)6/h10,14,16H,7-9,11-13H2,1-6H3,(H,27,32)(H,25,26,31)/t16-/m1/s1. The number of H-pyrrole nitrogens is 1. The van der Waals surface area contributed by atoms with Gasteiger partial charge in [-0.05, 0) is 47.5 Å². The zero-order chi connectivity index (χ0) is 24.3. The maximum atomic E-state index is 13.1. The summed E-state index contributed by atoms with van der Waals surface area (Å²) in [5.41, 5.74) is 1.53. The number of carbonyl (C=O) groups is 2. The number of hydrogen-bond acceptors (Lipinski definition) is 6. The molecule has 0 saturated carbocycles. The van der Waals surface area contributed by atoms with E-state index in [4.69, 9.17) is 4.74 Å². The molecule has 3 rings (SSSR count). The van der Waals surface area contributed by atoms with E-state index in [0.717, 1.165) is 18.4 Å². The smallest absolute Gasteiger partial charge is 0.407 e. The van der Waals surface area contributed by atoms with E-state index in [9.17, 15) is 14.4 Å². The molecule has 3 heterocycles. The fourth-order valence-corrected chi connectivity index (χ4v) is 4.15. The molecule has 1 fully saturated rings. The van der Waals surface area contributed by atoms with Crippen molar-refractivity contribution in [3.8, 4) is 0 Å². The van der Waals surface area contributed by atoms with Crippen molar-refractivity contribution < 1.29 is 14.3 Å². The monoisotopic (exact) mass is 457 g/mol. The lowest BCUT2D eigenvalue weighted by Crippen LogP contribution is -2.49. The van der Waals surface area contributed by atoms with Crippen molar-refractivity contribution in [2.24, 2.45) is 0 Å². The Labute approximate surface area is 194 Å². The number of fused-ring (bicyclic) bond motifs is 1. The second kappa shape index (κ2) is 9.80. The van der Waals surface area contributed by atoms with E-state index in [0.29, 0.717) is 48.5 Å². The molecule has 0 unspecified atom stereocenters. The van der Waals surface area contributed by atoms with Gasteiger partial charge in [0.1, 0.15) is 22.5 Å². The predicted molar refractivity (Wildman–Crippen MR) is 129 cm³/mol. The lowest BCUT2D eigenvalue weighted by molar-refractivity contribution is 0.0499. The fraction of sp³-hybridized carbons (Fsp3) is 0.583. The number of Topliss-reactive ketones (excluding diaryl/α,β-unsaturated/α-hetero) is 1. The average Bonchev–Trinajstić information content (AvgIpc) is 3.06. The fourth-order valence-electron chi connectivity index (χ4n) is 4.15. The van der Waals surface area contributed by atoms with Crippen LogP contribution in [-0.2, 0) is 11.3 Å². The van der Waals surface area contributed by atoms with Gasteiger partial charge in [-0.1, -0.05) is 18.6 Å². The van der Waals surface area contributed by atoms with Gasteiger partial charge in [0.15, 0.2) is 5.78 Å². The highest BCUT2D eigenvalue weighted by atomic mass is 16.6. The molecule has 1 aliphatic rings. The van der Waals surface area contributed by atoms with Crippen LogP contribution in [0.3, 0.4) is 0 Å². The van der Waals surface area contributed by atoms with E-state index in [-0.39, 0.29) is 17.4 Å². The van der Waals surface area contributed by atoms with Crippen molar-refractivity contribution >= 4 is 28.7 Å². The Balaban J connectivity index is 2.06. The first kappa shape index (κ1) is 24.5. The molecule has 1 saturated heterocycles. The predicted octanol–water partition coefficient (Wildman–Crippen LogP) is 3.78. The first-order valence-electron chi connectivity index (χ1n) is 11.5. The highest BCUT2D eigenvalue weighted by molar-refractivity contribution is 6.11. The lowest BCUT2D eigenvalue weighted by Gasteiger charge is -2.36. The molecule has 9 nitrogen and oxygen atoms in total. The van der Waals surface area contributed by atoms with Gasteiger partial charge in [-0.3, -0.25) is 9.59 Å². The van der Waals surface area contributed by atoms with Crippen LogP contribution in [0.25, 0.3) is 11.0 Å². The van der Waals surface area contributed by atoms with E-state index >= 15 is 0 Å². The number of amides is 1. The van der Waals surface area contributed by atoms with Gasteiger partial charge >= 0.3 is 6.09 Å². The van der Waals surface area contributed by atoms with E-state index in [1.54, 1.807) is 0 Å². The third kappa shape index (κ3) is 5.64. The van der Waals surface area contributed by atoms with Crippen LogP contribution in [0.5, 0.6) is 0 Å². The van der Waals surface area contributed by atoms with Crippen LogP contribution in [0.4, 0.5) is 10.6 Å². The van der Waals surface area contributed by atoms with E-state index in [2.05, 4.69) is 20.2 Å². The number of aromatic amines is 1. The Bertz CT molecular complexity index is 1120. The zero-order valence-electron chi connectivity index (χ0n) is 20.4. The molecule has 0 spiro atoms. The van der Waals surface area contributed by atoms with Crippen LogP contribution in [0.2, 0.25) is 0 Å². The van der Waals surface area contributed by atoms with Crippen molar-refractivity contribution in [1.82, 2.24) is 19.9 Å². The molecule has 0 aromatic carbocycles. The first-order chi connectivity index (χ1) is 15.5. The summed E-state index contributed by atoms with van der Waals surface area (Å²) in [5, 5.41) is 2.96. The molecule has 180 valence electrons. The summed E-state index contributed by atoms with van der Waals surface area (Å²) in [5.74, 6) is 0.625. The Kier molecular flexibility index (Phi) is 7.29. The molecular formula is C24H35N5O4. The van der Waals surface area contributed by atoms with Crippen molar-refractivity contribution in [2.45, 2.75) is 79.0 Å². The summed E-state index contributed by atoms with van der Waals surface area (Å²) >= 11 is 0. The Morgan fingerprint density at radius 3 is 2.70 bits per heavy atom. The molecule has 1 atom stereocenters. The highest BCUT2D eigenvalue weighted by Crippen LogP contribution is 2.33. The quantitative estimate of drug-likeness (QED) is 0.505. The molecule has 0 aliphatic carbocycles. The highest BCUT2D eigenvalue weighted by Gasteiger charge is 2.31. The van der Waals surface area contributed by atoms with Gasteiger partial charge in [-0.15, -0.1) is 0 Å². The third-order valence-electron chi connectivity index (χ3n) is 5.54.